The quantitative estimate of drug-likeness (QED) is 0.525. The van der Waals surface area contributed by atoms with E-state index in [0.717, 1.165) is 23.1 Å². The average molecular weight is 451 g/mol. The summed E-state index contributed by atoms with van der Waals surface area (Å²) in [4.78, 5) is 13.2. The third-order valence-corrected chi connectivity index (χ3v) is 7.49. The molecular weight excluding hydrogens is 420 g/mol. The molecule has 0 aliphatic heterocycles. The smallest absolute Gasteiger partial charge is 0.244 e. The van der Waals surface area contributed by atoms with Gasteiger partial charge in [-0.25, -0.2) is 8.42 Å². The van der Waals surface area contributed by atoms with Crippen LogP contribution in [-0.4, -0.2) is 25.2 Å². The predicted molar refractivity (Wildman–Crippen MR) is 129 cm³/mol. The molecule has 3 rings (SSSR count). The van der Waals surface area contributed by atoms with E-state index in [2.05, 4.69) is 5.32 Å². The van der Waals surface area contributed by atoms with Crippen LogP contribution in [-0.2, 0) is 27.8 Å². The minimum atomic E-state index is -3.91. The lowest BCUT2D eigenvalue weighted by Crippen LogP contribution is -2.38. The van der Waals surface area contributed by atoms with Crippen molar-refractivity contribution in [3.63, 3.8) is 0 Å². The van der Waals surface area contributed by atoms with E-state index in [-0.39, 0.29) is 23.9 Å². The van der Waals surface area contributed by atoms with Gasteiger partial charge in [0, 0.05) is 12.2 Å². The van der Waals surface area contributed by atoms with Crippen LogP contribution in [0.2, 0.25) is 0 Å². The molecule has 168 valence electrons. The average Bonchev–Trinajstić information content (AvgIpc) is 2.73. The highest BCUT2D eigenvalue weighted by Crippen LogP contribution is 2.26. The maximum absolute atomic E-state index is 13.7. The van der Waals surface area contributed by atoms with E-state index in [0.29, 0.717) is 16.8 Å². The van der Waals surface area contributed by atoms with Gasteiger partial charge in [-0.05, 0) is 55.5 Å². The molecule has 0 aliphatic rings. The lowest BCUT2D eigenvalue weighted by Gasteiger charge is -2.24. The molecule has 0 fully saturated rings. The van der Waals surface area contributed by atoms with Crippen molar-refractivity contribution in [1.82, 2.24) is 4.31 Å². The molecule has 32 heavy (non-hydrogen) atoms. The van der Waals surface area contributed by atoms with E-state index in [4.69, 9.17) is 0 Å². The first-order valence-electron chi connectivity index (χ1n) is 10.7. The van der Waals surface area contributed by atoms with Crippen molar-refractivity contribution in [2.24, 2.45) is 0 Å². The zero-order valence-electron chi connectivity index (χ0n) is 19.1. The fourth-order valence-corrected chi connectivity index (χ4v) is 5.81. The maximum Gasteiger partial charge on any atom is 0.244 e. The summed E-state index contributed by atoms with van der Waals surface area (Å²) in [5, 5.41) is 2.89. The van der Waals surface area contributed by atoms with Crippen LogP contribution in [0.15, 0.2) is 71.6 Å². The zero-order valence-corrected chi connectivity index (χ0v) is 19.9. The monoisotopic (exact) mass is 450 g/mol. The van der Waals surface area contributed by atoms with Crippen molar-refractivity contribution in [3.8, 4) is 0 Å². The van der Waals surface area contributed by atoms with Gasteiger partial charge in [0.25, 0.3) is 0 Å². The number of hydrogen-bond acceptors (Lipinski definition) is 3. The number of aryl methyl sites for hydroxylation is 4. The Bertz CT molecular complexity index is 1180. The molecule has 5 nitrogen and oxygen atoms in total. The van der Waals surface area contributed by atoms with Gasteiger partial charge in [-0.3, -0.25) is 4.79 Å². The Morgan fingerprint density at radius 1 is 0.906 bits per heavy atom. The van der Waals surface area contributed by atoms with Gasteiger partial charge in [0.15, 0.2) is 0 Å². The normalized spacial score (nSPS) is 11.5. The van der Waals surface area contributed by atoms with Gasteiger partial charge in [0.2, 0.25) is 15.9 Å². The second-order valence-electron chi connectivity index (χ2n) is 8.05. The third kappa shape index (κ3) is 5.44. The fourth-order valence-electron chi connectivity index (χ4n) is 4.02. The summed E-state index contributed by atoms with van der Waals surface area (Å²) < 4.78 is 28.8. The minimum absolute atomic E-state index is 0.110. The maximum atomic E-state index is 13.7. The summed E-state index contributed by atoms with van der Waals surface area (Å²) >= 11 is 0. The van der Waals surface area contributed by atoms with E-state index >= 15 is 0 Å². The first-order valence-corrected chi connectivity index (χ1v) is 12.2. The Kier molecular flexibility index (Phi) is 7.48. The number of hydrogen-bond donors (Lipinski definition) is 1. The molecule has 0 heterocycles. The number of anilines is 1. The molecule has 6 heteroatoms. The zero-order chi connectivity index (χ0) is 23.3. The molecule has 0 atom stereocenters. The highest BCUT2D eigenvalue weighted by atomic mass is 32.2. The highest BCUT2D eigenvalue weighted by Gasteiger charge is 2.30. The molecular formula is C26H30N2O3S. The van der Waals surface area contributed by atoms with Gasteiger partial charge >= 0.3 is 0 Å². The van der Waals surface area contributed by atoms with Gasteiger partial charge in [-0.2, -0.15) is 4.31 Å². The molecule has 0 saturated carbocycles. The minimum Gasteiger partial charge on any atom is -0.325 e. The van der Waals surface area contributed by atoms with Crippen LogP contribution in [0.5, 0.6) is 0 Å². The van der Waals surface area contributed by atoms with Gasteiger partial charge in [-0.15, -0.1) is 0 Å². The lowest BCUT2D eigenvalue weighted by molar-refractivity contribution is -0.116. The Morgan fingerprint density at radius 2 is 1.50 bits per heavy atom. The van der Waals surface area contributed by atoms with Gasteiger partial charge < -0.3 is 5.32 Å². The largest absolute Gasteiger partial charge is 0.325 e. The van der Waals surface area contributed by atoms with Crippen LogP contribution in [0.1, 0.15) is 34.7 Å². The molecule has 0 unspecified atom stereocenters. The van der Waals surface area contributed by atoms with Crippen LogP contribution < -0.4 is 5.32 Å². The fraction of sp³-hybridized carbons (Fsp3) is 0.269. The molecule has 1 amide bonds. The van der Waals surface area contributed by atoms with E-state index in [1.807, 2.05) is 80.6 Å². The van der Waals surface area contributed by atoms with E-state index in [1.165, 1.54) is 4.31 Å². The Morgan fingerprint density at radius 3 is 2.12 bits per heavy atom. The van der Waals surface area contributed by atoms with Crippen molar-refractivity contribution in [1.29, 1.82) is 0 Å². The molecule has 0 aliphatic carbocycles. The molecule has 0 radical (unpaired) electrons. The number of sulfonamides is 1. The molecule has 0 spiro atoms. The predicted octanol–water partition coefficient (Wildman–Crippen LogP) is 5.00. The summed E-state index contributed by atoms with van der Waals surface area (Å²) in [5.74, 6) is -0.368. The summed E-state index contributed by atoms with van der Waals surface area (Å²) in [5.41, 5.74) is 4.89. The van der Waals surface area contributed by atoms with Gasteiger partial charge in [0.1, 0.15) is 0 Å². The van der Waals surface area contributed by atoms with Crippen LogP contribution in [0.25, 0.3) is 0 Å². The number of nitrogens with zero attached hydrogens (tertiary/aromatic N) is 1. The first-order chi connectivity index (χ1) is 15.2. The Labute approximate surface area is 191 Å². The summed E-state index contributed by atoms with van der Waals surface area (Å²) in [6.07, 6.45) is 0.768. The molecule has 0 aromatic heterocycles. The lowest BCUT2D eigenvalue weighted by atomic mass is 10.1. The van der Waals surface area contributed by atoms with Crippen molar-refractivity contribution in [2.75, 3.05) is 11.9 Å². The second-order valence-corrected chi connectivity index (χ2v) is 9.92. The summed E-state index contributed by atoms with van der Waals surface area (Å²) in [6.45, 7) is 7.38. The van der Waals surface area contributed by atoms with Crippen LogP contribution >= 0.6 is 0 Å². The van der Waals surface area contributed by atoms with Crippen molar-refractivity contribution >= 4 is 21.6 Å². The first kappa shape index (κ1) is 23.7. The molecule has 0 bridgehead atoms. The number of amides is 1. The molecule has 3 aromatic rings. The summed E-state index contributed by atoms with van der Waals surface area (Å²) in [7, 11) is -3.91. The number of para-hydroxylation sites is 1. The van der Waals surface area contributed by atoms with E-state index in [1.54, 1.807) is 13.8 Å². The molecule has 0 saturated heterocycles. The second kappa shape index (κ2) is 10.1. The van der Waals surface area contributed by atoms with Crippen LogP contribution in [0.4, 0.5) is 5.69 Å². The number of carbonyl (C=O) groups is 1. The topological polar surface area (TPSA) is 66.5 Å². The molecule has 3 aromatic carbocycles. The van der Waals surface area contributed by atoms with Crippen LogP contribution in [0.3, 0.4) is 0 Å². The van der Waals surface area contributed by atoms with Crippen LogP contribution in [0, 0.1) is 20.8 Å². The van der Waals surface area contributed by atoms with Crippen molar-refractivity contribution in [3.05, 3.63) is 94.5 Å². The van der Waals surface area contributed by atoms with Crippen molar-refractivity contribution < 1.29 is 13.2 Å². The van der Waals surface area contributed by atoms with Gasteiger partial charge in [-0.1, -0.05) is 73.2 Å². The number of rotatable bonds is 8. The number of nitrogens with one attached hydrogen (secondary N) is 1. The van der Waals surface area contributed by atoms with Gasteiger partial charge in [0.05, 0.1) is 11.4 Å². The summed E-state index contributed by atoms with van der Waals surface area (Å²) in [6, 6.07) is 20.6. The SMILES string of the molecule is CCc1ccccc1NC(=O)CN(Cc1ccccc1)S(=O)(=O)c1c(C)cc(C)cc1C. The number of carbonyl (C=O) groups excluding carboxylic acids is 1. The third-order valence-electron chi connectivity index (χ3n) is 5.40. The highest BCUT2D eigenvalue weighted by molar-refractivity contribution is 7.89. The van der Waals surface area contributed by atoms with E-state index in [9.17, 15) is 13.2 Å². The molecule has 1 N–H and O–H groups in total. The Hall–Kier alpha value is -2.96. The standard InChI is InChI=1S/C26H30N2O3S/c1-5-23-13-9-10-14-24(23)27-25(29)18-28(17-22-11-7-6-8-12-22)32(30,31)26-20(3)15-19(2)16-21(26)4/h6-16H,5,17-18H2,1-4H3,(H,27,29). The van der Waals surface area contributed by atoms with Crippen molar-refractivity contribution in [2.45, 2.75) is 45.6 Å². The van der Waals surface area contributed by atoms with E-state index < -0.39 is 10.0 Å². The number of benzene rings is 3. The Balaban J connectivity index is 1.96.